The second kappa shape index (κ2) is 7.34. The van der Waals surface area contributed by atoms with E-state index in [2.05, 4.69) is 26.1 Å². The largest absolute Gasteiger partial charge is 0.380 e. The van der Waals surface area contributed by atoms with Crippen LogP contribution in [0.5, 0.6) is 0 Å². The van der Waals surface area contributed by atoms with E-state index in [1.54, 1.807) is 0 Å². The summed E-state index contributed by atoms with van der Waals surface area (Å²) in [4.78, 5) is 0. The molecule has 3 N–H and O–H groups in total. The summed E-state index contributed by atoms with van der Waals surface area (Å²) in [5.41, 5.74) is 6.42. The first-order valence-electron chi connectivity index (χ1n) is 7.01. The summed E-state index contributed by atoms with van der Waals surface area (Å²) in [5, 5.41) is 3.39. The molecule has 102 valence electrons. The summed E-state index contributed by atoms with van der Waals surface area (Å²) in [5.74, 6) is 0.871. The van der Waals surface area contributed by atoms with Crippen LogP contribution in [-0.2, 0) is 4.74 Å². The molecule has 0 radical (unpaired) electrons. The van der Waals surface area contributed by atoms with Gasteiger partial charge in [-0.05, 0) is 43.6 Å². The van der Waals surface area contributed by atoms with Gasteiger partial charge in [-0.3, -0.25) is 0 Å². The van der Waals surface area contributed by atoms with Crippen LogP contribution in [0.25, 0.3) is 0 Å². The Bertz CT molecular complexity index is 197. The van der Waals surface area contributed by atoms with Gasteiger partial charge in [0.1, 0.15) is 0 Å². The zero-order chi connectivity index (χ0) is 12.7. The molecule has 0 spiro atoms. The number of nitrogens with one attached hydrogen (secondary N) is 1. The van der Waals surface area contributed by atoms with Gasteiger partial charge >= 0.3 is 0 Å². The molecular formula is C14H30N2O. The fourth-order valence-corrected chi connectivity index (χ4v) is 1.98. The zero-order valence-electron chi connectivity index (χ0n) is 11.8. The van der Waals surface area contributed by atoms with Gasteiger partial charge in [-0.15, -0.1) is 0 Å². The zero-order valence-corrected chi connectivity index (χ0v) is 11.8. The van der Waals surface area contributed by atoms with Gasteiger partial charge < -0.3 is 15.8 Å². The summed E-state index contributed by atoms with van der Waals surface area (Å²) in [7, 11) is 0. The lowest BCUT2D eigenvalue weighted by Crippen LogP contribution is -2.31. The number of hydrogen-bond acceptors (Lipinski definition) is 3. The first kappa shape index (κ1) is 14.9. The Kier molecular flexibility index (Phi) is 6.45. The van der Waals surface area contributed by atoms with Gasteiger partial charge in [0, 0.05) is 19.2 Å². The van der Waals surface area contributed by atoms with Crippen molar-refractivity contribution in [2.45, 2.75) is 52.5 Å². The minimum absolute atomic E-state index is 0.315. The lowest BCUT2D eigenvalue weighted by Gasteiger charge is -2.23. The molecule has 1 atom stereocenters. The summed E-state index contributed by atoms with van der Waals surface area (Å²) in [6.45, 7) is 10.5. The topological polar surface area (TPSA) is 47.3 Å². The molecule has 1 fully saturated rings. The first-order valence-corrected chi connectivity index (χ1v) is 7.01. The summed E-state index contributed by atoms with van der Waals surface area (Å²) in [6.07, 6.45) is 4.89. The Labute approximate surface area is 106 Å². The van der Waals surface area contributed by atoms with Crippen molar-refractivity contribution in [1.29, 1.82) is 0 Å². The highest BCUT2D eigenvalue weighted by molar-refractivity contribution is 4.73. The molecule has 1 unspecified atom stereocenters. The fraction of sp³-hybridized carbons (Fsp3) is 1.00. The molecule has 0 aliphatic heterocycles. The van der Waals surface area contributed by atoms with Crippen molar-refractivity contribution in [2.75, 3.05) is 26.3 Å². The fourth-order valence-electron chi connectivity index (χ4n) is 1.98. The van der Waals surface area contributed by atoms with Crippen LogP contribution in [-0.4, -0.2) is 32.3 Å². The average Bonchev–Trinajstić information content (AvgIpc) is 2.97. The van der Waals surface area contributed by atoms with Gasteiger partial charge in [-0.25, -0.2) is 0 Å². The van der Waals surface area contributed by atoms with Gasteiger partial charge in [0.05, 0.1) is 6.61 Å². The summed E-state index contributed by atoms with van der Waals surface area (Å²) < 4.78 is 5.55. The number of ether oxygens (including phenoxy) is 1. The normalized spacial score (nSPS) is 18.4. The Hall–Kier alpha value is -0.120. The van der Waals surface area contributed by atoms with Crippen molar-refractivity contribution in [3.8, 4) is 0 Å². The Balaban J connectivity index is 1.82. The van der Waals surface area contributed by atoms with Gasteiger partial charge in [0.15, 0.2) is 0 Å². The van der Waals surface area contributed by atoms with E-state index in [9.17, 15) is 0 Å². The number of hydrogen-bond donors (Lipinski definition) is 2. The van der Waals surface area contributed by atoms with E-state index in [0.29, 0.717) is 11.5 Å². The molecule has 0 heterocycles. The summed E-state index contributed by atoms with van der Waals surface area (Å²) >= 11 is 0. The standard InChI is InChI=1S/C14H30N2O/c1-14(2,3)10-13(15)6-7-16-8-9-17-11-12-4-5-12/h12-13,16H,4-11,15H2,1-3H3. The maximum atomic E-state index is 6.08. The third kappa shape index (κ3) is 9.57. The van der Waals surface area contributed by atoms with Crippen LogP contribution < -0.4 is 11.1 Å². The molecule has 1 saturated carbocycles. The smallest absolute Gasteiger partial charge is 0.0591 e. The van der Waals surface area contributed by atoms with E-state index in [1.807, 2.05) is 0 Å². The van der Waals surface area contributed by atoms with Crippen LogP contribution in [0.15, 0.2) is 0 Å². The molecule has 0 amide bonds. The Morgan fingerprint density at radius 1 is 1.29 bits per heavy atom. The lowest BCUT2D eigenvalue weighted by molar-refractivity contribution is 0.126. The molecule has 1 aliphatic rings. The van der Waals surface area contributed by atoms with Crippen molar-refractivity contribution in [1.82, 2.24) is 5.32 Å². The summed E-state index contributed by atoms with van der Waals surface area (Å²) in [6, 6.07) is 0.315. The van der Waals surface area contributed by atoms with Crippen molar-refractivity contribution in [2.24, 2.45) is 17.1 Å². The van der Waals surface area contributed by atoms with Crippen LogP contribution >= 0.6 is 0 Å². The van der Waals surface area contributed by atoms with E-state index in [0.717, 1.165) is 45.1 Å². The van der Waals surface area contributed by atoms with E-state index in [4.69, 9.17) is 10.5 Å². The molecule has 0 saturated heterocycles. The number of nitrogens with two attached hydrogens (primary N) is 1. The predicted octanol–water partition coefficient (Wildman–Crippen LogP) is 2.16. The van der Waals surface area contributed by atoms with E-state index in [1.165, 1.54) is 12.8 Å². The average molecular weight is 242 g/mol. The monoisotopic (exact) mass is 242 g/mol. The van der Waals surface area contributed by atoms with Crippen molar-refractivity contribution < 1.29 is 4.74 Å². The van der Waals surface area contributed by atoms with Crippen LogP contribution in [0.3, 0.4) is 0 Å². The van der Waals surface area contributed by atoms with E-state index in [-0.39, 0.29) is 0 Å². The van der Waals surface area contributed by atoms with E-state index < -0.39 is 0 Å². The first-order chi connectivity index (χ1) is 7.97. The molecule has 0 aromatic heterocycles. The molecule has 3 heteroatoms. The SMILES string of the molecule is CC(C)(C)CC(N)CCNCCOCC1CC1. The second-order valence-electron chi connectivity index (χ2n) is 6.58. The molecule has 1 aliphatic carbocycles. The number of rotatable bonds is 9. The molecule has 3 nitrogen and oxygen atoms in total. The molecule has 1 rings (SSSR count). The third-order valence-corrected chi connectivity index (χ3v) is 3.04. The van der Waals surface area contributed by atoms with Gasteiger partial charge in [0.25, 0.3) is 0 Å². The van der Waals surface area contributed by atoms with Crippen molar-refractivity contribution in [3.05, 3.63) is 0 Å². The van der Waals surface area contributed by atoms with Crippen LogP contribution in [0.4, 0.5) is 0 Å². The third-order valence-electron chi connectivity index (χ3n) is 3.04. The van der Waals surface area contributed by atoms with Crippen molar-refractivity contribution in [3.63, 3.8) is 0 Å². The maximum Gasteiger partial charge on any atom is 0.0591 e. The van der Waals surface area contributed by atoms with Crippen LogP contribution in [0.1, 0.15) is 46.5 Å². The quantitative estimate of drug-likeness (QED) is 0.609. The maximum absolute atomic E-state index is 6.08. The molecule has 0 aromatic rings. The van der Waals surface area contributed by atoms with Crippen molar-refractivity contribution >= 4 is 0 Å². The van der Waals surface area contributed by atoms with E-state index >= 15 is 0 Å². The molecule has 17 heavy (non-hydrogen) atoms. The highest BCUT2D eigenvalue weighted by atomic mass is 16.5. The van der Waals surface area contributed by atoms with Crippen LogP contribution in [0, 0.1) is 11.3 Å². The molecule has 0 bridgehead atoms. The minimum atomic E-state index is 0.315. The molecule has 0 aromatic carbocycles. The van der Waals surface area contributed by atoms with Gasteiger partial charge in [-0.2, -0.15) is 0 Å². The minimum Gasteiger partial charge on any atom is -0.380 e. The highest BCUT2D eigenvalue weighted by Crippen LogP contribution is 2.28. The van der Waals surface area contributed by atoms with Crippen LogP contribution in [0.2, 0.25) is 0 Å². The Morgan fingerprint density at radius 3 is 2.59 bits per heavy atom. The highest BCUT2D eigenvalue weighted by Gasteiger charge is 2.20. The van der Waals surface area contributed by atoms with Gasteiger partial charge in [-0.1, -0.05) is 20.8 Å². The van der Waals surface area contributed by atoms with Gasteiger partial charge in [0.2, 0.25) is 0 Å². The molecular weight excluding hydrogens is 212 g/mol. The predicted molar refractivity (Wildman–Crippen MR) is 73.1 cm³/mol. The Morgan fingerprint density at radius 2 is 2.00 bits per heavy atom. The second-order valence-corrected chi connectivity index (χ2v) is 6.58. The lowest BCUT2D eigenvalue weighted by atomic mass is 9.87.